The van der Waals surface area contributed by atoms with Crippen LogP contribution >= 0.6 is 8.25 Å². The highest BCUT2D eigenvalue weighted by molar-refractivity contribution is 7.33. The molecule has 1 fully saturated rings. The van der Waals surface area contributed by atoms with E-state index < -0.39 is 14.5 Å². The molecule has 5 heteroatoms. The summed E-state index contributed by atoms with van der Waals surface area (Å²) >= 11 is 0. The molecule has 0 amide bonds. The summed E-state index contributed by atoms with van der Waals surface area (Å²) in [6.45, 7) is 3.12. The molecule has 0 saturated carbocycles. The van der Waals surface area contributed by atoms with E-state index in [2.05, 4.69) is 6.92 Å². The van der Waals surface area contributed by atoms with Crippen molar-refractivity contribution in [2.24, 2.45) is 0 Å². The zero-order chi connectivity index (χ0) is 9.52. The fraction of sp³-hybridized carbons (Fsp3) is 1.00. The summed E-state index contributed by atoms with van der Waals surface area (Å²) in [5.41, 5.74) is 0. The van der Waals surface area contributed by atoms with E-state index in [4.69, 9.17) is 13.8 Å². The van der Waals surface area contributed by atoms with Crippen molar-refractivity contribution in [3.05, 3.63) is 0 Å². The molecule has 0 bridgehead atoms. The van der Waals surface area contributed by atoms with Gasteiger partial charge in [-0.05, 0) is 6.42 Å². The van der Waals surface area contributed by atoms with Gasteiger partial charge in [0.25, 0.3) is 0 Å². The highest BCUT2D eigenvalue weighted by Crippen LogP contribution is 2.33. The predicted molar refractivity (Wildman–Crippen MR) is 48.5 cm³/mol. The maximum absolute atomic E-state index is 10.6. The first-order valence-corrected chi connectivity index (χ1v) is 5.81. The Labute approximate surface area is 79.5 Å². The van der Waals surface area contributed by atoms with Gasteiger partial charge in [0.05, 0.1) is 6.61 Å². The lowest BCUT2D eigenvalue weighted by Crippen LogP contribution is -2.14. The first-order chi connectivity index (χ1) is 6.33. The van der Waals surface area contributed by atoms with Crippen LogP contribution in [0.1, 0.15) is 32.6 Å². The average Bonchev–Trinajstić information content (AvgIpc) is 2.51. The van der Waals surface area contributed by atoms with Crippen molar-refractivity contribution >= 4 is 8.25 Å². The second-order valence-electron chi connectivity index (χ2n) is 2.99. The second kappa shape index (κ2) is 6.44. The highest BCUT2D eigenvalue weighted by Gasteiger charge is 2.38. The van der Waals surface area contributed by atoms with Gasteiger partial charge in [-0.15, -0.1) is 4.52 Å². The quantitative estimate of drug-likeness (QED) is 0.496. The third-order valence-corrected chi connectivity index (χ3v) is 2.59. The van der Waals surface area contributed by atoms with Gasteiger partial charge in [-0.2, -0.15) is 0 Å². The number of hydrogen-bond acceptors (Lipinski definition) is 4. The molecule has 0 aromatic carbocycles. The van der Waals surface area contributed by atoms with Crippen molar-refractivity contribution < 1.29 is 18.3 Å². The fourth-order valence-electron chi connectivity index (χ4n) is 1.10. The van der Waals surface area contributed by atoms with Crippen molar-refractivity contribution in [3.63, 3.8) is 0 Å². The van der Waals surface area contributed by atoms with Crippen LogP contribution in [0.4, 0.5) is 0 Å². The normalized spacial score (nSPS) is 25.3. The third-order valence-electron chi connectivity index (χ3n) is 1.82. The van der Waals surface area contributed by atoms with E-state index in [0.717, 1.165) is 6.42 Å². The molecule has 0 aromatic heterocycles. The number of rotatable bonds is 6. The molecular formula is C8H16O4P+. The Morgan fingerprint density at radius 1 is 1.46 bits per heavy atom. The Kier molecular flexibility index (Phi) is 5.47. The van der Waals surface area contributed by atoms with Crippen LogP contribution in [0.3, 0.4) is 0 Å². The molecular weight excluding hydrogens is 191 g/mol. The highest BCUT2D eigenvalue weighted by atomic mass is 31.1. The SMILES string of the molecule is CCCCCCOC1CO[P+](=O)O1. The van der Waals surface area contributed by atoms with Crippen molar-refractivity contribution in [2.45, 2.75) is 38.9 Å². The van der Waals surface area contributed by atoms with Gasteiger partial charge in [0, 0.05) is 4.57 Å². The molecule has 13 heavy (non-hydrogen) atoms. The first-order valence-electron chi connectivity index (χ1n) is 4.71. The molecule has 1 heterocycles. The Balaban J connectivity index is 1.91. The van der Waals surface area contributed by atoms with Crippen LogP contribution in [-0.4, -0.2) is 19.5 Å². The molecule has 2 unspecified atom stereocenters. The average molecular weight is 207 g/mol. The lowest BCUT2D eigenvalue weighted by molar-refractivity contribution is -0.0669. The predicted octanol–water partition coefficient (Wildman–Crippen LogP) is 2.61. The summed E-state index contributed by atoms with van der Waals surface area (Å²) in [5.74, 6) is 0. The van der Waals surface area contributed by atoms with Crippen molar-refractivity contribution in [1.29, 1.82) is 0 Å². The van der Waals surface area contributed by atoms with Gasteiger partial charge in [-0.1, -0.05) is 30.7 Å². The summed E-state index contributed by atoms with van der Waals surface area (Å²) in [7, 11) is -1.91. The number of ether oxygens (including phenoxy) is 1. The largest absolute Gasteiger partial charge is 0.700 e. The minimum atomic E-state index is -1.91. The molecule has 1 aliphatic heterocycles. The molecule has 0 spiro atoms. The molecule has 1 saturated heterocycles. The van der Waals surface area contributed by atoms with E-state index in [9.17, 15) is 4.57 Å². The van der Waals surface area contributed by atoms with E-state index in [1.807, 2.05) is 0 Å². The van der Waals surface area contributed by atoms with Crippen LogP contribution in [0.5, 0.6) is 0 Å². The van der Waals surface area contributed by atoms with Crippen LogP contribution in [0.25, 0.3) is 0 Å². The number of hydrogen-bond donors (Lipinski definition) is 0. The summed E-state index contributed by atoms with van der Waals surface area (Å²) in [4.78, 5) is 0. The van der Waals surface area contributed by atoms with Crippen LogP contribution in [0, 0.1) is 0 Å². The van der Waals surface area contributed by atoms with E-state index in [1.54, 1.807) is 0 Å². The number of unbranched alkanes of at least 4 members (excludes halogenated alkanes) is 3. The van der Waals surface area contributed by atoms with Gasteiger partial charge in [-0.25, -0.2) is 0 Å². The third kappa shape index (κ3) is 4.67. The van der Waals surface area contributed by atoms with Crippen LogP contribution in [-0.2, 0) is 18.3 Å². The molecule has 0 aromatic rings. The summed E-state index contributed by atoms with van der Waals surface area (Å²) in [5, 5.41) is 0. The Bertz CT molecular complexity index is 162. The molecule has 2 atom stereocenters. The molecule has 4 nitrogen and oxygen atoms in total. The molecule has 1 aliphatic rings. The maximum atomic E-state index is 10.6. The van der Waals surface area contributed by atoms with Gasteiger partial charge in [-0.3, -0.25) is 0 Å². The topological polar surface area (TPSA) is 44.8 Å². The summed E-state index contributed by atoms with van der Waals surface area (Å²) < 4.78 is 25.4. The van der Waals surface area contributed by atoms with Crippen LogP contribution < -0.4 is 0 Å². The van der Waals surface area contributed by atoms with Crippen LogP contribution in [0.2, 0.25) is 0 Å². The standard InChI is InChI=1S/C8H16O4P/c1-2-3-4-5-6-10-8-7-11-13(9)12-8/h8H,2-7H2,1H3/q+1. The van der Waals surface area contributed by atoms with E-state index in [1.165, 1.54) is 19.3 Å². The molecule has 0 radical (unpaired) electrons. The molecule has 1 rings (SSSR count). The summed E-state index contributed by atoms with van der Waals surface area (Å²) in [6, 6.07) is 0. The van der Waals surface area contributed by atoms with Gasteiger partial charge >= 0.3 is 8.25 Å². The van der Waals surface area contributed by atoms with Gasteiger partial charge in [0.2, 0.25) is 6.29 Å². The van der Waals surface area contributed by atoms with E-state index in [0.29, 0.717) is 13.2 Å². The lowest BCUT2D eigenvalue weighted by Gasteiger charge is -2.03. The molecule has 0 aliphatic carbocycles. The molecule has 76 valence electrons. The Morgan fingerprint density at radius 2 is 2.31 bits per heavy atom. The summed E-state index contributed by atoms with van der Waals surface area (Å²) in [6.07, 6.45) is 4.25. The molecule has 0 N–H and O–H groups in total. The van der Waals surface area contributed by atoms with Gasteiger partial charge in [0.1, 0.15) is 0 Å². The first kappa shape index (κ1) is 11.1. The van der Waals surface area contributed by atoms with Crippen molar-refractivity contribution in [1.82, 2.24) is 0 Å². The Hall–Kier alpha value is -0.0200. The minimum absolute atomic E-state index is 0.295. The van der Waals surface area contributed by atoms with Gasteiger partial charge < -0.3 is 4.74 Å². The zero-order valence-corrected chi connectivity index (χ0v) is 8.79. The smallest absolute Gasteiger partial charge is 0.346 e. The van der Waals surface area contributed by atoms with Crippen LogP contribution in [0.15, 0.2) is 0 Å². The minimum Gasteiger partial charge on any atom is -0.346 e. The van der Waals surface area contributed by atoms with Crippen molar-refractivity contribution in [2.75, 3.05) is 13.2 Å². The second-order valence-corrected chi connectivity index (χ2v) is 3.90. The zero-order valence-electron chi connectivity index (χ0n) is 7.90. The lowest BCUT2D eigenvalue weighted by atomic mass is 10.2. The van der Waals surface area contributed by atoms with Crippen molar-refractivity contribution in [3.8, 4) is 0 Å². The Morgan fingerprint density at radius 3 is 2.92 bits per heavy atom. The van der Waals surface area contributed by atoms with E-state index >= 15 is 0 Å². The maximum Gasteiger partial charge on any atom is 0.700 e. The fourth-order valence-corrected chi connectivity index (χ4v) is 1.72. The van der Waals surface area contributed by atoms with Gasteiger partial charge in [0.15, 0.2) is 6.61 Å². The monoisotopic (exact) mass is 207 g/mol. The van der Waals surface area contributed by atoms with E-state index in [-0.39, 0.29) is 0 Å².